The van der Waals surface area contributed by atoms with E-state index in [1.165, 1.54) is 5.56 Å². The molecule has 116 valence electrons. The lowest BCUT2D eigenvalue weighted by Crippen LogP contribution is -1.94. The van der Waals surface area contributed by atoms with Gasteiger partial charge in [-0.1, -0.05) is 41.7 Å². The highest BCUT2D eigenvalue weighted by Crippen LogP contribution is 2.25. The number of aryl methyl sites for hydroxylation is 3. The molecule has 0 saturated heterocycles. The Morgan fingerprint density at radius 3 is 2.74 bits per heavy atom. The molecule has 0 amide bonds. The van der Waals surface area contributed by atoms with E-state index in [2.05, 4.69) is 39.6 Å². The summed E-state index contributed by atoms with van der Waals surface area (Å²) in [5.41, 5.74) is 2.31. The molecule has 4 aromatic rings. The van der Waals surface area contributed by atoms with Gasteiger partial charge in [0, 0.05) is 6.42 Å². The van der Waals surface area contributed by atoms with Gasteiger partial charge in [0.2, 0.25) is 4.96 Å². The summed E-state index contributed by atoms with van der Waals surface area (Å²) in [4.78, 5) is 0.829. The first-order valence-electron chi connectivity index (χ1n) is 7.61. The highest BCUT2D eigenvalue weighted by atomic mass is 32.1. The summed E-state index contributed by atoms with van der Waals surface area (Å²) >= 11 is 1.60. The minimum Gasteiger partial charge on any atom is -0.469 e. The van der Waals surface area contributed by atoms with Crippen molar-refractivity contribution in [3.05, 3.63) is 59.0 Å². The summed E-state index contributed by atoms with van der Waals surface area (Å²) in [6.07, 6.45) is 4.76. The Labute approximate surface area is 137 Å². The minimum atomic E-state index is 0.747. The first-order valence-corrected chi connectivity index (χ1v) is 8.42. The third-order valence-corrected chi connectivity index (χ3v) is 4.79. The molecule has 0 bridgehead atoms. The highest BCUT2D eigenvalue weighted by Gasteiger charge is 2.16. The SMILES string of the molecule is Cc1occc1-c1nnc2sc(CCCc3ccccc3)nn12. The Morgan fingerprint density at radius 2 is 1.96 bits per heavy atom. The lowest BCUT2D eigenvalue weighted by Gasteiger charge is -1.99. The Balaban J connectivity index is 1.51. The van der Waals surface area contributed by atoms with Gasteiger partial charge in [-0.15, -0.1) is 10.2 Å². The summed E-state index contributed by atoms with van der Waals surface area (Å²) in [7, 11) is 0. The fourth-order valence-corrected chi connectivity index (χ4v) is 3.51. The molecule has 0 aliphatic carbocycles. The van der Waals surface area contributed by atoms with Crippen LogP contribution in [0.5, 0.6) is 0 Å². The number of rotatable bonds is 5. The van der Waals surface area contributed by atoms with Crippen LogP contribution in [0.2, 0.25) is 0 Å². The normalized spacial score (nSPS) is 11.3. The third-order valence-electron chi connectivity index (χ3n) is 3.83. The topological polar surface area (TPSA) is 56.2 Å². The van der Waals surface area contributed by atoms with E-state index < -0.39 is 0 Å². The molecule has 0 aliphatic heterocycles. The van der Waals surface area contributed by atoms with E-state index in [9.17, 15) is 0 Å². The molecule has 23 heavy (non-hydrogen) atoms. The monoisotopic (exact) mass is 324 g/mol. The number of benzene rings is 1. The van der Waals surface area contributed by atoms with Crippen LogP contribution in [0.3, 0.4) is 0 Å². The van der Waals surface area contributed by atoms with Crippen LogP contribution in [0.15, 0.2) is 47.1 Å². The molecular formula is C17H16N4OS. The molecule has 0 aliphatic rings. The third kappa shape index (κ3) is 2.77. The van der Waals surface area contributed by atoms with Gasteiger partial charge in [-0.25, -0.2) is 0 Å². The molecule has 0 fully saturated rings. The van der Waals surface area contributed by atoms with Gasteiger partial charge in [-0.05, 0) is 31.4 Å². The van der Waals surface area contributed by atoms with Gasteiger partial charge >= 0.3 is 0 Å². The standard InChI is InChI=1S/C17H16N4OS/c1-12-14(10-11-22-12)16-18-19-17-21(16)20-15(23-17)9-5-8-13-6-3-2-4-7-13/h2-4,6-7,10-11H,5,8-9H2,1H3. The van der Waals surface area contributed by atoms with Crippen LogP contribution in [0.4, 0.5) is 0 Å². The number of furan rings is 1. The zero-order chi connectivity index (χ0) is 15.6. The highest BCUT2D eigenvalue weighted by molar-refractivity contribution is 7.16. The molecule has 0 saturated carbocycles. The summed E-state index contributed by atoms with van der Waals surface area (Å²) in [6, 6.07) is 12.4. The second-order valence-electron chi connectivity index (χ2n) is 5.44. The first kappa shape index (κ1) is 14.1. The molecule has 1 aromatic carbocycles. The smallest absolute Gasteiger partial charge is 0.234 e. The van der Waals surface area contributed by atoms with Crippen molar-refractivity contribution in [1.29, 1.82) is 0 Å². The number of hydrogen-bond acceptors (Lipinski definition) is 5. The van der Waals surface area contributed by atoms with E-state index in [0.717, 1.165) is 46.4 Å². The van der Waals surface area contributed by atoms with Crippen LogP contribution in [0.25, 0.3) is 16.3 Å². The molecule has 0 spiro atoms. The van der Waals surface area contributed by atoms with Crippen molar-refractivity contribution in [2.45, 2.75) is 26.2 Å². The van der Waals surface area contributed by atoms with E-state index in [1.54, 1.807) is 17.6 Å². The summed E-state index contributed by atoms with van der Waals surface area (Å²) in [5.74, 6) is 1.58. The van der Waals surface area contributed by atoms with E-state index in [-0.39, 0.29) is 0 Å². The fraction of sp³-hybridized carbons (Fsp3) is 0.235. The average Bonchev–Trinajstić information content (AvgIpc) is 3.24. The van der Waals surface area contributed by atoms with Gasteiger partial charge in [0.1, 0.15) is 10.8 Å². The number of hydrogen-bond donors (Lipinski definition) is 0. The summed E-state index contributed by atoms with van der Waals surface area (Å²) in [5, 5.41) is 14.2. The maximum Gasteiger partial charge on any atom is 0.234 e. The Hall–Kier alpha value is -2.47. The van der Waals surface area contributed by atoms with E-state index in [4.69, 9.17) is 4.42 Å². The predicted octanol–water partition coefficient (Wildman–Crippen LogP) is 3.93. The molecule has 0 atom stereocenters. The second kappa shape index (κ2) is 5.96. The maximum absolute atomic E-state index is 5.35. The van der Waals surface area contributed by atoms with Crippen molar-refractivity contribution in [3.63, 3.8) is 0 Å². The van der Waals surface area contributed by atoms with E-state index >= 15 is 0 Å². The van der Waals surface area contributed by atoms with Crippen molar-refractivity contribution in [1.82, 2.24) is 19.8 Å². The van der Waals surface area contributed by atoms with Gasteiger partial charge < -0.3 is 4.42 Å². The van der Waals surface area contributed by atoms with Crippen LogP contribution >= 0.6 is 11.3 Å². The predicted molar refractivity (Wildman–Crippen MR) is 89.6 cm³/mol. The van der Waals surface area contributed by atoms with Crippen molar-refractivity contribution in [2.24, 2.45) is 0 Å². The largest absolute Gasteiger partial charge is 0.469 e. The van der Waals surface area contributed by atoms with Crippen molar-refractivity contribution in [2.75, 3.05) is 0 Å². The molecule has 4 rings (SSSR count). The molecule has 3 aromatic heterocycles. The van der Waals surface area contributed by atoms with Crippen molar-refractivity contribution < 1.29 is 4.42 Å². The van der Waals surface area contributed by atoms with E-state index in [1.807, 2.05) is 23.6 Å². The van der Waals surface area contributed by atoms with Crippen molar-refractivity contribution >= 4 is 16.3 Å². The van der Waals surface area contributed by atoms with Crippen LogP contribution in [0, 0.1) is 6.92 Å². The molecular weight excluding hydrogens is 308 g/mol. The maximum atomic E-state index is 5.35. The van der Waals surface area contributed by atoms with Gasteiger partial charge in [-0.2, -0.15) is 9.61 Å². The fourth-order valence-electron chi connectivity index (χ4n) is 2.63. The first-order chi connectivity index (χ1) is 11.3. The van der Waals surface area contributed by atoms with Gasteiger partial charge in [0.05, 0.1) is 11.8 Å². The van der Waals surface area contributed by atoms with Gasteiger partial charge in [-0.3, -0.25) is 0 Å². The lowest BCUT2D eigenvalue weighted by molar-refractivity contribution is 0.535. The molecule has 0 radical (unpaired) electrons. The molecule has 6 heteroatoms. The molecule has 3 heterocycles. The molecule has 0 unspecified atom stereocenters. The minimum absolute atomic E-state index is 0.747. The number of fused-ring (bicyclic) bond motifs is 1. The quantitative estimate of drug-likeness (QED) is 0.558. The van der Waals surface area contributed by atoms with Crippen LogP contribution in [0.1, 0.15) is 22.8 Å². The Morgan fingerprint density at radius 1 is 1.09 bits per heavy atom. The van der Waals surface area contributed by atoms with Crippen LogP contribution < -0.4 is 0 Å². The van der Waals surface area contributed by atoms with Crippen LogP contribution in [-0.4, -0.2) is 19.8 Å². The lowest BCUT2D eigenvalue weighted by atomic mass is 10.1. The van der Waals surface area contributed by atoms with Gasteiger partial charge in [0.15, 0.2) is 5.82 Å². The molecule has 5 nitrogen and oxygen atoms in total. The summed E-state index contributed by atoms with van der Waals surface area (Å²) < 4.78 is 7.17. The van der Waals surface area contributed by atoms with Crippen LogP contribution in [-0.2, 0) is 12.8 Å². The Bertz CT molecular complexity index is 923. The van der Waals surface area contributed by atoms with Crippen molar-refractivity contribution in [3.8, 4) is 11.4 Å². The zero-order valence-electron chi connectivity index (χ0n) is 12.8. The van der Waals surface area contributed by atoms with Gasteiger partial charge in [0.25, 0.3) is 0 Å². The Kier molecular flexibility index (Phi) is 3.67. The average molecular weight is 324 g/mol. The summed E-state index contributed by atoms with van der Waals surface area (Å²) in [6.45, 7) is 1.92. The zero-order valence-corrected chi connectivity index (χ0v) is 13.6. The van der Waals surface area contributed by atoms with E-state index in [0.29, 0.717) is 0 Å². The molecule has 0 N–H and O–H groups in total. The number of aromatic nitrogens is 4. The second-order valence-corrected chi connectivity index (χ2v) is 6.48. The number of nitrogens with zero attached hydrogens (tertiary/aromatic N) is 4.